The molecular weight excluding hydrogens is 431 g/mol. The predicted octanol–water partition coefficient (Wildman–Crippen LogP) is 4.00. The van der Waals surface area contributed by atoms with Crippen molar-refractivity contribution in [3.05, 3.63) is 52.7 Å². The minimum absolute atomic E-state index is 0. The SMILES string of the molecule is I.NC(=NCC1CCCN(Cc2cccs2)C1)Nc1ccccc1. The standard InChI is InChI=1S/C18H24N4S.HI/c19-18(21-16-7-2-1-3-8-16)20-12-15-6-4-10-22(13-15)14-17-9-5-11-23-17;/h1-3,5,7-9,11,15H,4,6,10,12-14H2,(H3,19,20,21);1H. The molecule has 2 heterocycles. The Morgan fingerprint density at radius 2 is 2.08 bits per heavy atom. The Labute approximate surface area is 165 Å². The number of anilines is 1. The number of piperidine rings is 1. The van der Waals surface area contributed by atoms with E-state index in [1.165, 1.54) is 24.3 Å². The maximum Gasteiger partial charge on any atom is 0.193 e. The van der Waals surface area contributed by atoms with Gasteiger partial charge in [-0.2, -0.15) is 0 Å². The van der Waals surface area contributed by atoms with Gasteiger partial charge in [-0.1, -0.05) is 24.3 Å². The molecule has 1 atom stereocenters. The number of rotatable bonds is 5. The van der Waals surface area contributed by atoms with Gasteiger partial charge in [0.15, 0.2) is 5.96 Å². The first-order valence-electron chi connectivity index (χ1n) is 8.16. The minimum Gasteiger partial charge on any atom is -0.370 e. The van der Waals surface area contributed by atoms with Crippen LogP contribution >= 0.6 is 35.3 Å². The third kappa shape index (κ3) is 6.07. The molecule has 1 saturated heterocycles. The van der Waals surface area contributed by atoms with Crippen LogP contribution in [0.25, 0.3) is 0 Å². The van der Waals surface area contributed by atoms with Crippen molar-refractivity contribution in [1.82, 2.24) is 4.90 Å². The van der Waals surface area contributed by atoms with E-state index >= 15 is 0 Å². The average molecular weight is 456 g/mol. The molecule has 0 radical (unpaired) electrons. The van der Waals surface area contributed by atoms with Crippen LogP contribution in [0.15, 0.2) is 52.8 Å². The number of nitrogens with zero attached hydrogens (tertiary/aromatic N) is 2. The zero-order valence-electron chi connectivity index (χ0n) is 13.7. The van der Waals surface area contributed by atoms with E-state index in [0.29, 0.717) is 11.9 Å². The van der Waals surface area contributed by atoms with Gasteiger partial charge < -0.3 is 11.1 Å². The van der Waals surface area contributed by atoms with Gasteiger partial charge in [0.05, 0.1) is 0 Å². The van der Waals surface area contributed by atoms with Crippen LogP contribution in [0.3, 0.4) is 0 Å². The van der Waals surface area contributed by atoms with Crippen molar-refractivity contribution in [2.45, 2.75) is 19.4 Å². The topological polar surface area (TPSA) is 53.6 Å². The number of benzene rings is 1. The molecule has 0 spiro atoms. The number of aliphatic imine (C=N–C) groups is 1. The van der Waals surface area contributed by atoms with E-state index in [0.717, 1.165) is 25.3 Å². The molecule has 0 amide bonds. The van der Waals surface area contributed by atoms with E-state index in [9.17, 15) is 0 Å². The van der Waals surface area contributed by atoms with Crippen molar-refractivity contribution in [3.63, 3.8) is 0 Å². The Kier molecular flexibility index (Phi) is 8.01. The second kappa shape index (κ2) is 10.0. The number of para-hydroxylation sites is 1. The Hall–Kier alpha value is -1.12. The van der Waals surface area contributed by atoms with Gasteiger partial charge in [-0.05, 0) is 48.9 Å². The summed E-state index contributed by atoms with van der Waals surface area (Å²) in [5.41, 5.74) is 6.98. The third-order valence-electron chi connectivity index (χ3n) is 4.13. The van der Waals surface area contributed by atoms with Gasteiger partial charge in [-0.15, -0.1) is 35.3 Å². The molecule has 0 aliphatic carbocycles. The summed E-state index contributed by atoms with van der Waals surface area (Å²) in [6.07, 6.45) is 2.49. The molecule has 0 bridgehead atoms. The fraction of sp³-hybridized carbons (Fsp3) is 0.389. The van der Waals surface area contributed by atoms with Crippen molar-refractivity contribution < 1.29 is 0 Å². The predicted molar refractivity (Wildman–Crippen MR) is 114 cm³/mol. The van der Waals surface area contributed by atoms with Crippen LogP contribution in [0.1, 0.15) is 17.7 Å². The highest BCUT2D eigenvalue weighted by molar-refractivity contribution is 14.0. The molecule has 130 valence electrons. The lowest BCUT2D eigenvalue weighted by Gasteiger charge is -2.31. The molecule has 1 aromatic heterocycles. The second-order valence-electron chi connectivity index (χ2n) is 6.04. The largest absolute Gasteiger partial charge is 0.370 e. The van der Waals surface area contributed by atoms with Gasteiger partial charge in [0, 0.05) is 30.2 Å². The molecule has 1 aliphatic rings. The summed E-state index contributed by atoms with van der Waals surface area (Å²) in [4.78, 5) is 8.52. The molecule has 1 aromatic carbocycles. The number of halogens is 1. The molecular formula is C18H25IN4S. The number of hydrogen-bond acceptors (Lipinski definition) is 3. The van der Waals surface area contributed by atoms with E-state index in [-0.39, 0.29) is 24.0 Å². The maximum absolute atomic E-state index is 5.99. The van der Waals surface area contributed by atoms with E-state index in [1.807, 2.05) is 41.7 Å². The Morgan fingerprint density at radius 1 is 1.25 bits per heavy atom. The van der Waals surface area contributed by atoms with Crippen LogP contribution in [-0.4, -0.2) is 30.5 Å². The quantitative estimate of drug-likeness (QED) is 0.406. The Bertz CT molecular complexity index is 615. The van der Waals surface area contributed by atoms with E-state index < -0.39 is 0 Å². The van der Waals surface area contributed by atoms with Crippen molar-refractivity contribution in [3.8, 4) is 0 Å². The first kappa shape index (κ1) is 19.2. The minimum atomic E-state index is 0. The summed E-state index contributed by atoms with van der Waals surface area (Å²) >= 11 is 1.84. The van der Waals surface area contributed by atoms with Crippen LogP contribution in [0.5, 0.6) is 0 Å². The molecule has 0 saturated carbocycles. The van der Waals surface area contributed by atoms with Crippen molar-refractivity contribution in [2.24, 2.45) is 16.6 Å². The van der Waals surface area contributed by atoms with Crippen molar-refractivity contribution in [2.75, 3.05) is 25.0 Å². The average Bonchev–Trinajstić information content (AvgIpc) is 3.07. The lowest BCUT2D eigenvalue weighted by Crippen LogP contribution is -2.36. The van der Waals surface area contributed by atoms with E-state index in [4.69, 9.17) is 5.73 Å². The molecule has 1 fully saturated rings. The molecule has 4 nitrogen and oxygen atoms in total. The third-order valence-corrected chi connectivity index (χ3v) is 4.99. The van der Waals surface area contributed by atoms with Gasteiger partial charge >= 0.3 is 0 Å². The highest BCUT2D eigenvalue weighted by Gasteiger charge is 2.19. The molecule has 1 unspecified atom stereocenters. The summed E-state index contributed by atoms with van der Waals surface area (Å²) < 4.78 is 0. The lowest BCUT2D eigenvalue weighted by atomic mass is 9.98. The summed E-state index contributed by atoms with van der Waals surface area (Å²) in [6, 6.07) is 14.3. The van der Waals surface area contributed by atoms with Crippen LogP contribution in [0.4, 0.5) is 5.69 Å². The van der Waals surface area contributed by atoms with Gasteiger partial charge in [0.25, 0.3) is 0 Å². The smallest absolute Gasteiger partial charge is 0.193 e. The van der Waals surface area contributed by atoms with Crippen LogP contribution in [-0.2, 0) is 6.54 Å². The number of hydrogen-bond donors (Lipinski definition) is 2. The van der Waals surface area contributed by atoms with Gasteiger partial charge in [0.2, 0.25) is 0 Å². The van der Waals surface area contributed by atoms with Crippen LogP contribution in [0, 0.1) is 5.92 Å². The van der Waals surface area contributed by atoms with Gasteiger partial charge in [-0.25, -0.2) is 0 Å². The fourth-order valence-electron chi connectivity index (χ4n) is 3.00. The van der Waals surface area contributed by atoms with Crippen LogP contribution < -0.4 is 11.1 Å². The molecule has 1 aliphatic heterocycles. The van der Waals surface area contributed by atoms with Gasteiger partial charge in [0.1, 0.15) is 0 Å². The second-order valence-corrected chi connectivity index (χ2v) is 7.07. The van der Waals surface area contributed by atoms with Gasteiger partial charge in [-0.3, -0.25) is 9.89 Å². The number of nitrogens with two attached hydrogens (primary N) is 1. The monoisotopic (exact) mass is 456 g/mol. The van der Waals surface area contributed by atoms with Crippen molar-refractivity contribution in [1.29, 1.82) is 0 Å². The number of nitrogens with one attached hydrogen (secondary N) is 1. The Balaban J connectivity index is 0.00000208. The van der Waals surface area contributed by atoms with Crippen molar-refractivity contribution >= 4 is 47.0 Å². The Morgan fingerprint density at radius 3 is 2.83 bits per heavy atom. The summed E-state index contributed by atoms with van der Waals surface area (Å²) in [6.45, 7) is 4.16. The summed E-state index contributed by atoms with van der Waals surface area (Å²) in [5.74, 6) is 1.10. The number of guanidine groups is 1. The lowest BCUT2D eigenvalue weighted by molar-refractivity contribution is 0.172. The molecule has 24 heavy (non-hydrogen) atoms. The maximum atomic E-state index is 5.99. The molecule has 3 N–H and O–H groups in total. The first-order chi connectivity index (χ1) is 11.3. The van der Waals surface area contributed by atoms with E-state index in [2.05, 4.69) is 32.7 Å². The number of thiophene rings is 1. The normalized spacial score (nSPS) is 18.8. The zero-order chi connectivity index (χ0) is 15.9. The fourth-order valence-corrected chi connectivity index (χ4v) is 3.75. The van der Waals surface area contributed by atoms with Crippen LogP contribution in [0.2, 0.25) is 0 Å². The highest BCUT2D eigenvalue weighted by atomic mass is 127. The summed E-state index contributed by atoms with van der Waals surface area (Å²) in [5, 5.41) is 5.29. The number of likely N-dealkylation sites (tertiary alicyclic amines) is 1. The highest BCUT2D eigenvalue weighted by Crippen LogP contribution is 2.20. The zero-order valence-corrected chi connectivity index (χ0v) is 16.9. The molecule has 6 heteroatoms. The summed E-state index contributed by atoms with van der Waals surface area (Å²) in [7, 11) is 0. The van der Waals surface area contributed by atoms with E-state index in [1.54, 1.807) is 0 Å². The first-order valence-corrected chi connectivity index (χ1v) is 9.04. The molecule has 3 rings (SSSR count). The molecule has 2 aromatic rings.